The molecule has 80 valence electrons. The summed E-state index contributed by atoms with van der Waals surface area (Å²) >= 11 is 3.71. The maximum absolute atomic E-state index is 5.24. The molecule has 0 aliphatic carbocycles. The van der Waals surface area contributed by atoms with Gasteiger partial charge in [-0.25, -0.2) is 5.84 Å². The molecule has 0 aliphatic rings. The van der Waals surface area contributed by atoms with E-state index in [2.05, 4.69) is 38.2 Å². The van der Waals surface area contributed by atoms with Gasteiger partial charge in [-0.05, 0) is 28.7 Å². The molecule has 0 amide bonds. The standard InChI is InChI=1S/C8H7IN4S.ClH/c9-6-4-2-1-3-5(6)7-12-13-8(11-10)14-7;/h1-4H,10H2,(H,11,13);1H. The number of rotatable bonds is 2. The number of nitrogens with one attached hydrogen (secondary N) is 1. The summed E-state index contributed by atoms with van der Waals surface area (Å²) in [6, 6.07) is 8.03. The number of aromatic nitrogens is 2. The largest absolute Gasteiger partial charge is 0.298 e. The first kappa shape index (κ1) is 12.6. The molecule has 0 saturated carbocycles. The Morgan fingerprint density at radius 1 is 1.27 bits per heavy atom. The van der Waals surface area contributed by atoms with Crippen molar-refractivity contribution < 1.29 is 0 Å². The van der Waals surface area contributed by atoms with E-state index in [0.29, 0.717) is 5.13 Å². The number of hydrogen-bond donors (Lipinski definition) is 2. The van der Waals surface area contributed by atoms with Crippen molar-refractivity contribution in [3.05, 3.63) is 27.8 Å². The minimum atomic E-state index is 0. The summed E-state index contributed by atoms with van der Waals surface area (Å²) in [4.78, 5) is 0. The molecular formula is C8H8ClIN4S. The second-order valence-electron chi connectivity index (χ2n) is 2.54. The molecule has 2 aromatic rings. The molecule has 4 nitrogen and oxygen atoms in total. The van der Waals surface area contributed by atoms with Crippen molar-refractivity contribution in [2.45, 2.75) is 0 Å². The minimum absolute atomic E-state index is 0. The average Bonchev–Trinajstić information content (AvgIpc) is 2.67. The quantitative estimate of drug-likeness (QED) is 0.494. The summed E-state index contributed by atoms with van der Waals surface area (Å²) in [5.74, 6) is 5.24. The monoisotopic (exact) mass is 354 g/mol. The molecule has 1 aromatic carbocycles. The Hall–Kier alpha value is -0.440. The molecule has 1 heterocycles. The summed E-state index contributed by atoms with van der Waals surface area (Å²) in [6.07, 6.45) is 0. The van der Waals surface area contributed by atoms with Gasteiger partial charge < -0.3 is 0 Å². The van der Waals surface area contributed by atoms with Crippen LogP contribution in [0.3, 0.4) is 0 Å². The third-order valence-corrected chi connectivity index (χ3v) is 3.48. The van der Waals surface area contributed by atoms with Crippen LogP contribution in [-0.2, 0) is 0 Å². The highest BCUT2D eigenvalue weighted by Crippen LogP contribution is 2.29. The van der Waals surface area contributed by atoms with Crippen LogP contribution in [0.15, 0.2) is 24.3 Å². The molecule has 7 heteroatoms. The van der Waals surface area contributed by atoms with Crippen LogP contribution < -0.4 is 11.3 Å². The molecule has 0 spiro atoms. The first-order valence-electron chi connectivity index (χ1n) is 3.86. The average molecular weight is 355 g/mol. The Labute approximate surface area is 111 Å². The minimum Gasteiger partial charge on any atom is -0.298 e. The van der Waals surface area contributed by atoms with E-state index < -0.39 is 0 Å². The molecule has 0 aliphatic heterocycles. The fourth-order valence-corrected chi connectivity index (χ4v) is 2.54. The number of benzene rings is 1. The smallest absolute Gasteiger partial charge is 0.220 e. The SMILES string of the molecule is Cl.NNc1nnc(-c2ccccc2I)s1. The van der Waals surface area contributed by atoms with Crippen molar-refractivity contribution in [2.24, 2.45) is 5.84 Å². The lowest BCUT2D eigenvalue weighted by Crippen LogP contribution is -2.05. The van der Waals surface area contributed by atoms with Crippen molar-refractivity contribution in [3.8, 4) is 10.6 Å². The lowest BCUT2D eigenvalue weighted by Gasteiger charge is -1.97. The third kappa shape index (κ3) is 2.77. The van der Waals surface area contributed by atoms with Crippen LogP contribution in [0.25, 0.3) is 10.6 Å². The van der Waals surface area contributed by atoms with Crippen molar-refractivity contribution >= 4 is 51.5 Å². The Kier molecular flexibility index (Phi) is 4.71. The van der Waals surface area contributed by atoms with Gasteiger partial charge in [0.25, 0.3) is 0 Å². The highest BCUT2D eigenvalue weighted by atomic mass is 127. The molecule has 1 aromatic heterocycles. The topological polar surface area (TPSA) is 63.8 Å². The summed E-state index contributed by atoms with van der Waals surface area (Å²) in [5.41, 5.74) is 3.57. The fourth-order valence-electron chi connectivity index (χ4n) is 1.03. The van der Waals surface area contributed by atoms with E-state index in [9.17, 15) is 0 Å². The predicted octanol–water partition coefficient (Wildman–Crippen LogP) is 2.52. The van der Waals surface area contributed by atoms with Crippen LogP contribution in [0.5, 0.6) is 0 Å². The lowest BCUT2D eigenvalue weighted by molar-refractivity contribution is 1.08. The number of nitrogens with two attached hydrogens (primary N) is 1. The Morgan fingerprint density at radius 2 is 2.00 bits per heavy atom. The molecule has 0 radical (unpaired) electrons. The number of nitrogen functional groups attached to an aromatic ring is 1. The zero-order valence-corrected chi connectivity index (χ0v) is 11.3. The van der Waals surface area contributed by atoms with Gasteiger partial charge in [0.15, 0.2) is 5.01 Å². The summed E-state index contributed by atoms with van der Waals surface area (Å²) in [7, 11) is 0. The highest BCUT2D eigenvalue weighted by Gasteiger charge is 2.07. The van der Waals surface area contributed by atoms with Gasteiger partial charge >= 0.3 is 0 Å². The van der Waals surface area contributed by atoms with Gasteiger partial charge in [0.2, 0.25) is 5.13 Å². The van der Waals surface area contributed by atoms with Crippen molar-refractivity contribution in [2.75, 3.05) is 5.43 Å². The van der Waals surface area contributed by atoms with Crippen LogP contribution >= 0.6 is 46.3 Å². The van der Waals surface area contributed by atoms with E-state index in [1.54, 1.807) is 0 Å². The Balaban J connectivity index is 0.00000112. The van der Waals surface area contributed by atoms with E-state index in [4.69, 9.17) is 5.84 Å². The third-order valence-electron chi connectivity index (χ3n) is 1.65. The van der Waals surface area contributed by atoms with Gasteiger partial charge in [-0.3, -0.25) is 5.43 Å². The summed E-state index contributed by atoms with van der Waals surface area (Å²) < 4.78 is 1.16. The van der Waals surface area contributed by atoms with Gasteiger partial charge in [0, 0.05) is 9.13 Å². The van der Waals surface area contributed by atoms with Crippen molar-refractivity contribution in [1.29, 1.82) is 0 Å². The maximum atomic E-state index is 5.24. The molecule has 3 N–H and O–H groups in total. The van der Waals surface area contributed by atoms with E-state index >= 15 is 0 Å². The predicted molar refractivity (Wildman–Crippen MR) is 73.1 cm³/mol. The first-order chi connectivity index (χ1) is 6.81. The number of halogens is 2. The van der Waals surface area contributed by atoms with Crippen molar-refractivity contribution in [1.82, 2.24) is 10.2 Å². The number of hydrazine groups is 1. The first-order valence-corrected chi connectivity index (χ1v) is 5.76. The fraction of sp³-hybridized carbons (Fsp3) is 0. The molecule has 0 fully saturated rings. The zero-order chi connectivity index (χ0) is 9.97. The van der Waals surface area contributed by atoms with Crippen molar-refractivity contribution in [3.63, 3.8) is 0 Å². The summed E-state index contributed by atoms with van der Waals surface area (Å²) in [6.45, 7) is 0. The number of nitrogens with zero attached hydrogens (tertiary/aromatic N) is 2. The van der Waals surface area contributed by atoms with Gasteiger partial charge in [-0.1, -0.05) is 29.5 Å². The molecule has 0 bridgehead atoms. The van der Waals surface area contributed by atoms with E-state index in [1.165, 1.54) is 11.3 Å². The van der Waals surface area contributed by atoms with Crippen LogP contribution in [-0.4, -0.2) is 10.2 Å². The Morgan fingerprint density at radius 3 is 2.60 bits per heavy atom. The van der Waals surface area contributed by atoms with E-state index in [0.717, 1.165) is 14.1 Å². The molecule has 0 unspecified atom stereocenters. The number of anilines is 1. The van der Waals surface area contributed by atoms with Gasteiger partial charge in [-0.15, -0.1) is 22.6 Å². The molecule has 15 heavy (non-hydrogen) atoms. The molecule has 0 atom stereocenters. The molecule has 2 rings (SSSR count). The highest BCUT2D eigenvalue weighted by molar-refractivity contribution is 14.1. The Bertz CT molecular complexity index is 448. The normalized spacial score (nSPS) is 9.47. The van der Waals surface area contributed by atoms with Crippen LogP contribution in [0.2, 0.25) is 0 Å². The van der Waals surface area contributed by atoms with Crippen LogP contribution in [0.1, 0.15) is 0 Å². The number of hydrogen-bond acceptors (Lipinski definition) is 5. The molecular weight excluding hydrogens is 347 g/mol. The zero-order valence-electron chi connectivity index (χ0n) is 7.48. The van der Waals surface area contributed by atoms with Gasteiger partial charge in [0.05, 0.1) is 0 Å². The van der Waals surface area contributed by atoms with E-state index in [1.807, 2.05) is 24.3 Å². The molecule has 0 saturated heterocycles. The van der Waals surface area contributed by atoms with Gasteiger partial charge in [0.1, 0.15) is 0 Å². The van der Waals surface area contributed by atoms with E-state index in [-0.39, 0.29) is 12.4 Å². The van der Waals surface area contributed by atoms with Crippen LogP contribution in [0, 0.1) is 3.57 Å². The second-order valence-corrected chi connectivity index (χ2v) is 4.68. The van der Waals surface area contributed by atoms with Crippen LogP contribution in [0.4, 0.5) is 5.13 Å². The van der Waals surface area contributed by atoms with Gasteiger partial charge in [-0.2, -0.15) is 0 Å². The second kappa shape index (κ2) is 5.59. The maximum Gasteiger partial charge on any atom is 0.220 e. The lowest BCUT2D eigenvalue weighted by atomic mass is 10.2. The summed E-state index contributed by atoms with van der Waals surface area (Å²) in [5, 5.41) is 9.42.